The number of nitrogens with one attached hydrogen (secondary N) is 1. The van der Waals surface area contributed by atoms with Crippen molar-refractivity contribution < 1.29 is 18.3 Å². The average molecular weight is 377 g/mol. The van der Waals surface area contributed by atoms with Crippen molar-refractivity contribution >= 4 is 21.8 Å². The van der Waals surface area contributed by atoms with Crippen LogP contribution in [0, 0.1) is 5.92 Å². The van der Waals surface area contributed by atoms with E-state index in [1.165, 1.54) is 6.07 Å². The summed E-state index contributed by atoms with van der Waals surface area (Å²) in [6, 6.07) is 4.79. The number of benzene rings is 1. The van der Waals surface area contributed by atoms with E-state index in [0.717, 1.165) is 23.7 Å². The summed E-state index contributed by atoms with van der Waals surface area (Å²) in [6.45, 7) is -2.75. The number of carbonyl (C=O) groups excluding carboxylic acids is 1. The highest BCUT2D eigenvalue weighted by Crippen LogP contribution is 2.26. The van der Waals surface area contributed by atoms with Crippen LogP contribution in [0.3, 0.4) is 0 Å². The van der Waals surface area contributed by atoms with Gasteiger partial charge in [0.05, 0.1) is 0 Å². The molecule has 1 aliphatic rings. The maximum absolute atomic E-state index is 12.4. The van der Waals surface area contributed by atoms with Crippen LogP contribution in [0.25, 0.3) is 0 Å². The molecular weight excluding hydrogens is 358 g/mol. The lowest BCUT2D eigenvalue weighted by atomic mass is 9.85. The Morgan fingerprint density at radius 1 is 1.45 bits per heavy atom. The zero-order valence-corrected chi connectivity index (χ0v) is 13.6. The van der Waals surface area contributed by atoms with Gasteiger partial charge in [0.2, 0.25) is 5.91 Å². The molecule has 1 fully saturated rings. The van der Waals surface area contributed by atoms with Crippen LogP contribution in [-0.4, -0.2) is 18.6 Å². The summed E-state index contributed by atoms with van der Waals surface area (Å²) in [7, 11) is 0. The maximum atomic E-state index is 12.4. The monoisotopic (exact) mass is 376 g/mol. The average Bonchev–Trinajstić information content (AvgIpc) is 2.46. The van der Waals surface area contributed by atoms with Gasteiger partial charge in [0.1, 0.15) is 5.75 Å². The van der Waals surface area contributed by atoms with Crippen molar-refractivity contribution in [1.82, 2.24) is 5.32 Å². The van der Waals surface area contributed by atoms with Crippen LogP contribution in [0.5, 0.6) is 5.75 Å². The van der Waals surface area contributed by atoms with Crippen molar-refractivity contribution in [2.45, 2.75) is 44.9 Å². The molecule has 0 aromatic heterocycles. The normalized spacial score (nSPS) is 21.7. The Labute approximate surface area is 136 Å². The molecule has 0 bridgehead atoms. The van der Waals surface area contributed by atoms with Gasteiger partial charge in [0.25, 0.3) is 0 Å². The summed E-state index contributed by atoms with van der Waals surface area (Å²) in [5.41, 5.74) is 6.38. The van der Waals surface area contributed by atoms with Gasteiger partial charge in [-0.15, -0.1) is 0 Å². The van der Waals surface area contributed by atoms with E-state index < -0.39 is 6.61 Å². The van der Waals surface area contributed by atoms with Gasteiger partial charge in [0.15, 0.2) is 0 Å². The number of ether oxygens (including phenoxy) is 1. The first kappa shape index (κ1) is 17.1. The second kappa shape index (κ2) is 7.87. The highest BCUT2D eigenvalue weighted by Gasteiger charge is 2.25. The lowest BCUT2D eigenvalue weighted by molar-refractivity contribution is -0.126. The van der Waals surface area contributed by atoms with Gasteiger partial charge < -0.3 is 15.8 Å². The summed E-state index contributed by atoms with van der Waals surface area (Å²) in [5, 5.41) is 2.79. The molecule has 1 aromatic carbocycles. The quantitative estimate of drug-likeness (QED) is 0.829. The van der Waals surface area contributed by atoms with E-state index in [-0.39, 0.29) is 30.2 Å². The zero-order chi connectivity index (χ0) is 16.1. The Bertz CT molecular complexity index is 528. The minimum atomic E-state index is -2.90. The number of halogens is 3. The standard InChI is InChI=1S/C15H19BrF2N2O2/c16-11-4-5-13(22-15(17)18)10(6-11)8-20-14(21)9-2-1-3-12(19)7-9/h4-6,9,12,15H,1-3,7-8,19H2,(H,20,21). The molecule has 0 saturated heterocycles. The molecule has 3 N–H and O–H groups in total. The van der Waals surface area contributed by atoms with Crippen LogP contribution in [-0.2, 0) is 11.3 Å². The zero-order valence-electron chi connectivity index (χ0n) is 12.0. The molecule has 1 amide bonds. The summed E-state index contributed by atoms with van der Waals surface area (Å²) in [5.74, 6) is -0.118. The molecule has 7 heteroatoms. The van der Waals surface area contributed by atoms with Crippen molar-refractivity contribution in [3.8, 4) is 5.75 Å². The maximum Gasteiger partial charge on any atom is 0.387 e. The minimum absolute atomic E-state index is 0.0631. The predicted octanol–water partition coefficient (Wildman–Crippen LogP) is 3.18. The number of amides is 1. The Kier molecular flexibility index (Phi) is 6.14. The molecule has 0 spiro atoms. The number of carbonyl (C=O) groups is 1. The first-order valence-electron chi connectivity index (χ1n) is 7.22. The van der Waals surface area contributed by atoms with Gasteiger partial charge >= 0.3 is 6.61 Å². The van der Waals surface area contributed by atoms with E-state index >= 15 is 0 Å². The molecule has 2 unspecified atom stereocenters. The van der Waals surface area contributed by atoms with Gasteiger partial charge in [-0.3, -0.25) is 4.79 Å². The second-order valence-corrected chi connectivity index (χ2v) is 6.39. The van der Waals surface area contributed by atoms with E-state index in [0.29, 0.717) is 12.0 Å². The first-order valence-corrected chi connectivity index (χ1v) is 8.01. The van der Waals surface area contributed by atoms with Gasteiger partial charge in [-0.25, -0.2) is 0 Å². The number of hydrogen-bond acceptors (Lipinski definition) is 3. The summed E-state index contributed by atoms with van der Waals surface area (Å²) >= 11 is 3.28. The predicted molar refractivity (Wildman–Crippen MR) is 82.6 cm³/mol. The van der Waals surface area contributed by atoms with Crippen molar-refractivity contribution in [3.63, 3.8) is 0 Å². The van der Waals surface area contributed by atoms with E-state index in [4.69, 9.17) is 5.73 Å². The van der Waals surface area contributed by atoms with Crippen LogP contribution in [0.1, 0.15) is 31.2 Å². The van der Waals surface area contributed by atoms with Crippen LogP contribution in [0.2, 0.25) is 0 Å². The number of rotatable bonds is 5. The van der Waals surface area contributed by atoms with Crippen LogP contribution >= 0.6 is 15.9 Å². The molecule has 22 heavy (non-hydrogen) atoms. The molecule has 2 rings (SSSR count). The lowest BCUT2D eigenvalue weighted by Crippen LogP contribution is -2.37. The molecule has 0 radical (unpaired) electrons. The number of alkyl halides is 2. The summed E-state index contributed by atoms with van der Waals surface area (Å²) in [4.78, 5) is 12.2. The second-order valence-electron chi connectivity index (χ2n) is 5.47. The Hall–Kier alpha value is -1.21. The van der Waals surface area contributed by atoms with Crippen molar-refractivity contribution in [2.24, 2.45) is 11.7 Å². The minimum Gasteiger partial charge on any atom is -0.434 e. The third-order valence-electron chi connectivity index (χ3n) is 3.78. The third kappa shape index (κ3) is 4.91. The fraction of sp³-hybridized carbons (Fsp3) is 0.533. The molecule has 1 saturated carbocycles. The van der Waals surface area contributed by atoms with E-state index in [1.807, 2.05) is 0 Å². The van der Waals surface area contributed by atoms with Crippen LogP contribution in [0.15, 0.2) is 22.7 Å². The van der Waals surface area contributed by atoms with Crippen molar-refractivity contribution in [2.75, 3.05) is 0 Å². The lowest BCUT2D eigenvalue weighted by Gasteiger charge is -2.25. The Morgan fingerprint density at radius 3 is 2.91 bits per heavy atom. The fourth-order valence-electron chi connectivity index (χ4n) is 2.69. The molecule has 122 valence electrons. The van der Waals surface area contributed by atoms with Crippen molar-refractivity contribution in [3.05, 3.63) is 28.2 Å². The van der Waals surface area contributed by atoms with Gasteiger partial charge in [-0.2, -0.15) is 8.78 Å². The molecule has 1 aromatic rings. The van der Waals surface area contributed by atoms with E-state index in [9.17, 15) is 13.6 Å². The number of hydrogen-bond donors (Lipinski definition) is 2. The SMILES string of the molecule is NC1CCCC(C(=O)NCc2cc(Br)ccc2OC(F)F)C1. The highest BCUT2D eigenvalue weighted by atomic mass is 79.9. The third-order valence-corrected chi connectivity index (χ3v) is 4.27. The van der Waals surface area contributed by atoms with Gasteiger partial charge in [-0.05, 0) is 37.5 Å². The Balaban J connectivity index is 1.98. The molecule has 1 aliphatic carbocycles. The van der Waals surface area contributed by atoms with Gasteiger partial charge in [0, 0.05) is 28.5 Å². The molecular formula is C15H19BrF2N2O2. The smallest absolute Gasteiger partial charge is 0.387 e. The topological polar surface area (TPSA) is 64.4 Å². The Morgan fingerprint density at radius 2 is 2.23 bits per heavy atom. The fourth-order valence-corrected chi connectivity index (χ4v) is 3.10. The molecule has 0 heterocycles. The molecule has 0 aliphatic heterocycles. The van der Waals surface area contributed by atoms with E-state index in [2.05, 4.69) is 26.0 Å². The molecule has 2 atom stereocenters. The first-order chi connectivity index (χ1) is 10.5. The van der Waals surface area contributed by atoms with Crippen molar-refractivity contribution in [1.29, 1.82) is 0 Å². The summed E-state index contributed by atoms with van der Waals surface area (Å²) in [6.07, 6.45) is 3.38. The highest BCUT2D eigenvalue weighted by molar-refractivity contribution is 9.10. The van der Waals surface area contributed by atoms with Gasteiger partial charge in [-0.1, -0.05) is 22.4 Å². The van der Waals surface area contributed by atoms with Crippen LogP contribution < -0.4 is 15.8 Å². The van der Waals surface area contributed by atoms with Crippen LogP contribution in [0.4, 0.5) is 8.78 Å². The largest absolute Gasteiger partial charge is 0.434 e. The molecule has 4 nitrogen and oxygen atoms in total. The summed E-state index contributed by atoms with van der Waals surface area (Å²) < 4.78 is 30.0. The van der Waals surface area contributed by atoms with E-state index in [1.54, 1.807) is 12.1 Å². The number of nitrogens with two attached hydrogens (primary N) is 1.